The van der Waals surface area contributed by atoms with Crippen LogP contribution in [-0.4, -0.2) is 0 Å². The molecule has 2 N–H and O–H groups in total. The summed E-state index contributed by atoms with van der Waals surface area (Å²) >= 11 is 4.22. The van der Waals surface area contributed by atoms with Gasteiger partial charge >= 0.3 is 0 Å². The largest absolute Gasteiger partial charge is 0.314 e. The van der Waals surface area contributed by atoms with E-state index >= 15 is 0 Å². The summed E-state index contributed by atoms with van der Waals surface area (Å²) in [7, 11) is 0. The Labute approximate surface area is 66.7 Å². The predicted molar refractivity (Wildman–Crippen MR) is 47.0 cm³/mol. The van der Waals surface area contributed by atoms with Gasteiger partial charge in [-0.15, -0.1) is 0 Å². The van der Waals surface area contributed by atoms with Crippen LogP contribution < -0.4 is 5.73 Å². The molecule has 1 aromatic carbocycles. The summed E-state index contributed by atoms with van der Waals surface area (Å²) in [5, 5.41) is 0. The van der Waals surface area contributed by atoms with E-state index in [1.165, 1.54) is 0 Å². The van der Waals surface area contributed by atoms with Crippen LogP contribution in [0.1, 0.15) is 12.5 Å². The fraction of sp³-hybridized carbons (Fsp3) is 0.250. The van der Waals surface area contributed by atoms with Crippen molar-refractivity contribution in [3.63, 3.8) is 0 Å². The zero-order chi connectivity index (χ0) is 7.61. The number of thiol groups is 1. The zero-order valence-corrected chi connectivity index (χ0v) is 6.81. The molecule has 1 nitrogen and oxygen atoms in total. The van der Waals surface area contributed by atoms with Crippen molar-refractivity contribution < 1.29 is 0 Å². The lowest BCUT2D eigenvalue weighted by Gasteiger charge is -2.17. The third kappa shape index (κ3) is 1.75. The van der Waals surface area contributed by atoms with E-state index < -0.39 is 4.87 Å². The lowest BCUT2D eigenvalue weighted by molar-refractivity contribution is 0.745. The molecule has 10 heavy (non-hydrogen) atoms. The lowest BCUT2D eigenvalue weighted by Crippen LogP contribution is -2.25. The molecule has 0 aromatic heterocycles. The van der Waals surface area contributed by atoms with Crippen molar-refractivity contribution in [2.45, 2.75) is 11.8 Å². The molecule has 0 saturated carbocycles. The van der Waals surface area contributed by atoms with Gasteiger partial charge in [0.15, 0.2) is 0 Å². The van der Waals surface area contributed by atoms with E-state index in [2.05, 4.69) is 12.6 Å². The van der Waals surface area contributed by atoms with Crippen LogP contribution in [0.5, 0.6) is 0 Å². The molecule has 0 spiro atoms. The molecule has 0 aliphatic heterocycles. The zero-order valence-electron chi connectivity index (χ0n) is 5.91. The highest BCUT2D eigenvalue weighted by molar-refractivity contribution is 7.81. The topological polar surface area (TPSA) is 26.0 Å². The monoisotopic (exact) mass is 153 g/mol. The Morgan fingerprint density at radius 3 is 2.10 bits per heavy atom. The molecule has 0 bridgehead atoms. The predicted octanol–water partition coefficient (Wildman–Crippen LogP) is 1.75. The van der Waals surface area contributed by atoms with Gasteiger partial charge in [-0.1, -0.05) is 30.3 Å². The summed E-state index contributed by atoms with van der Waals surface area (Å²) in [4.78, 5) is -0.513. The summed E-state index contributed by atoms with van der Waals surface area (Å²) in [6.45, 7) is 1.87. The van der Waals surface area contributed by atoms with Gasteiger partial charge < -0.3 is 5.73 Å². The molecule has 0 heterocycles. The molecule has 0 aliphatic carbocycles. The first-order valence-electron chi connectivity index (χ1n) is 3.17. The minimum Gasteiger partial charge on any atom is -0.314 e. The van der Waals surface area contributed by atoms with Crippen LogP contribution in [0.15, 0.2) is 30.3 Å². The Balaban J connectivity index is 2.97. The van der Waals surface area contributed by atoms with Gasteiger partial charge in [-0.3, -0.25) is 0 Å². The van der Waals surface area contributed by atoms with Crippen LogP contribution in [-0.2, 0) is 4.87 Å². The van der Waals surface area contributed by atoms with Crippen molar-refractivity contribution in [2.75, 3.05) is 0 Å². The Hall–Kier alpha value is -0.470. The molecule has 1 aromatic rings. The smallest absolute Gasteiger partial charge is 0.0818 e. The third-order valence-electron chi connectivity index (χ3n) is 1.36. The summed E-state index contributed by atoms with van der Waals surface area (Å²) in [5.41, 5.74) is 6.76. The maximum Gasteiger partial charge on any atom is 0.0818 e. The van der Waals surface area contributed by atoms with Crippen molar-refractivity contribution in [3.8, 4) is 0 Å². The Morgan fingerprint density at radius 2 is 1.80 bits per heavy atom. The second-order valence-electron chi connectivity index (χ2n) is 2.51. The lowest BCUT2D eigenvalue weighted by atomic mass is 10.1. The fourth-order valence-electron chi connectivity index (χ4n) is 0.776. The molecular weight excluding hydrogens is 142 g/mol. The van der Waals surface area contributed by atoms with E-state index in [-0.39, 0.29) is 0 Å². The van der Waals surface area contributed by atoms with Crippen LogP contribution >= 0.6 is 12.6 Å². The highest BCUT2D eigenvalue weighted by Crippen LogP contribution is 2.20. The normalized spacial score (nSPS) is 16.3. The first-order chi connectivity index (χ1) is 4.61. The standard InChI is InChI=1S/C8H11NS/c1-8(9,10)7-5-3-2-4-6-7/h2-6,10H,9H2,1H3. The third-order valence-corrected chi connectivity index (χ3v) is 1.62. The van der Waals surface area contributed by atoms with E-state index in [9.17, 15) is 0 Å². The van der Waals surface area contributed by atoms with Crippen molar-refractivity contribution in [2.24, 2.45) is 5.73 Å². The molecule has 0 saturated heterocycles. The van der Waals surface area contributed by atoms with Gasteiger partial charge in [0, 0.05) is 0 Å². The number of nitrogens with two attached hydrogens (primary N) is 1. The molecule has 1 unspecified atom stereocenters. The van der Waals surface area contributed by atoms with E-state index in [1.54, 1.807) is 0 Å². The molecule has 0 radical (unpaired) electrons. The molecule has 54 valence electrons. The van der Waals surface area contributed by atoms with E-state index in [4.69, 9.17) is 5.73 Å². The van der Waals surface area contributed by atoms with E-state index in [0.29, 0.717) is 0 Å². The van der Waals surface area contributed by atoms with Crippen molar-refractivity contribution in [1.82, 2.24) is 0 Å². The van der Waals surface area contributed by atoms with Crippen LogP contribution in [0.25, 0.3) is 0 Å². The summed E-state index contributed by atoms with van der Waals surface area (Å²) in [6.07, 6.45) is 0. The molecule has 0 aliphatic rings. The molecule has 1 atom stereocenters. The van der Waals surface area contributed by atoms with Crippen LogP contribution in [0, 0.1) is 0 Å². The average Bonchev–Trinajstić information content (AvgIpc) is 1.88. The minimum absolute atomic E-state index is 0.513. The van der Waals surface area contributed by atoms with Gasteiger partial charge in [-0.25, -0.2) is 0 Å². The highest BCUT2D eigenvalue weighted by Gasteiger charge is 2.13. The number of hydrogen-bond acceptors (Lipinski definition) is 2. The van der Waals surface area contributed by atoms with Crippen molar-refractivity contribution in [3.05, 3.63) is 35.9 Å². The Morgan fingerprint density at radius 1 is 1.30 bits per heavy atom. The van der Waals surface area contributed by atoms with E-state index in [0.717, 1.165) is 5.56 Å². The number of hydrogen-bond donors (Lipinski definition) is 2. The average molecular weight is 153 g/mol. The van der Waals surface area contributed by atoms with Gasteiger partial charge in [0.05, 0.1) is 4.87 Å². The van der Waals surface area contributed by atoms with Gasteiger partial charge in [0.25, 0.3) is 0 Å². The maximum absolute atomic E-state index is 5.72. The minimum atomic E-state index is -0.513. The summed E-state index contributed by atoms with van der Waals surface area (Å²) < 4.78 is 0. The fourth-order valence-corrected chi connectivity index (χ4v) is 0.925. The summed E-state index contributed by atoms with van der Waals surface area (Å²) in [6, 6.07) is 9.80. The Bertz CT molecular complexity index is 200. The molecule has 0 amide bonds. The SMILES string of the molecule is CC(N)(S)c1ccccc1. The van der Waals surface area contributed by atoms with Crippen LogP contribution in [0.2, 0.25) is 0 Å². The quantitative estimate of drug-likeness (QED) is 0.466. The van der Waals surface area contributed by atoms with Gasteiger partial charge in [0.1, 0.15) is 0 Å². The summed E-state index contributed by atoms with van der Waals surface area (Å²) in [5.74, 6) is 0. The molecule has 0 fully saturated rings. The first-order valence-corrected chi connectivity index (χ1v) is 3.62. The second kappa shape index (κ2) is 2.64. The number of benzene rings is 1. The van der Waals surface area contributed by atoms with E-state index in [1.807, 2.05) is 37.3 Å². The number of rotatable bonds is 1. The molecular formula is C8H11NS. The van der Waals surface area contributed by atoms with Crippen molar-refractivity contribution in [1.29, 1.82) is 0 Å². The molecule has 1 rings (SSSR count). The van der Waals surface area contributed by atoms with Gasteiger partial charge in [-0.2, -0.15) is 12.6 Å². The van der Waals surface area contributed by atoms with Crippen LogP contribution in [0.4, 0.5) is 0 Å². The maximum atomic E-state index is 5.72. The molecule has 2 heteroatoms. The Kier molecular flexibility index (Phi) is 2.02. The van der Waals surface area contributed by atoms with Gasteiger partial charge in [0.2, 0.25) is 0 Å². The second-order valence-corrected chi connectivity index (χ2v) is 3.44. The van der Waals surface area contributed by atoms with Crippen molar-refractivity contribution >= 4 is 12.6 Å². The first kappa shape index (κ1) is 7.63. The van der Waals surface area contributed by atoms with Gasteiger partial charge in [-0.05, 0) is 12.5 Å². The van der Waals surface area contributed by atoms with Crippen LogP contribution in [0.3, 0.4) is 0 Å². The highest BCUT2D eigenvalue weighted by atomic mass is 32.1.